The lowest BCUT2D eigenvalue weighted by molar-refractivity contribution is -0.119. The van der Waals surface area contributed by atoms with Gasteiger partial charge in [0.2, 0.25) is 11.7 Å². The van der Waals surface area contributed by atoms with Crippen molar-refractivity contribution >= 4 is 5.78 Å². The van der Waals surface area contributed by atoms with Crippen LogP contribution in [0, 0.1) is 5.92 Å². The summed E-state index contributed by atoms with van der Waals surface area (Å²) < 4.78 is 5.17. The molecule has 0 bridgehead atoms. The molecule has 2 aromatic heterocycles. The average molecular weight is 273 g/mol. The van der Waals surface area contributed by atoms with Crippen LogP contribution in [0.3, 0.4) is 0 Å². The zero-order chi connectivity index (χ0) is 14.5. The van der Waals surface area contributed by atoms with Crippen molar-refractivity contribution in [1.82, 2.24) is 15.1 Å². The number of rotatable bonds is 6. The van der Waals surface area contributed by atoms with Gasteiger partial charge in [-0.15, -0.1) is 0 Å². The molecule has 20 heavy (non-hydrogen) atoms. The molecule has 106 valence electrons. The fourth-order valence-corrected chi connectivity index (χ4v) is 2.06. The molecule has 0 aromatic carbocycles. The third kappa shape index (κ3) is 3.50. The van der Waals surface area contributed by atoms with Crippen molar-refractivity contribution in [2.45, 2.75) is 40.0 Å². The topological polar surface area (TPSA) is 68.9 Å². The van der Waals surface area contributed by atoms with Crippen LogP contribution in [-0.2, 0) is 17.6 Å². The van der Waals surface area contributed by atoms with Crippen molar-refractivity contribution in [3.8, 4) is 11.4 Å². The highest BCUT2D eigenvalue weighted by atomic mass is 16.5. The summed E-state index contributed by atoms with van der Waals surface area (Å²) >= 11 is 0. The molecule has 0 saturated heterocycles. The highest BCUT2D eigenvalue weighted by molar-refractivity contribution is 5.80. The van der Waals surface area contributed by atoms with Crippen molar-refractivity contribution < 1.29 is 9.32 Å². The second-order valence-corrected chi connectivity index (χ2v) is 5.21. The molecule has 0 fully saturated rings. The summed E-state index contributed by atoms with van der Waals surface area (Å²) in [5.74, 6) is 1.37. The summed E-state index contributed by atoms with van der Waals surface area (Å²) in [4.78, 5) is 20.2. The average Bonchev–Trinajstić information content (AvgIpc) is 2.85. The zero-order valence-corrected chi connectivity index (χ0v) is 12.1. The van der Waals surface area contributed by atoms with Crippen LogP contribution in [0.15, 0.2) is 23.0 Å². The van der Waals surface area contributed by atoms with Crippen molar-refractivity contribution in [2.24, 2.45) is 5.92 Å². The molecule has 0 spiro atoms. The molecular formula is C15H19N3O2. The SMILES string of the molecule is CCc1cnccc1-c1noc(CC(=O)CC(C)C)n1. The standard InChI is InChI=1S/C15H19N3O2/c1-4-11-9-16-6-5-13(11)15-17-14(20-18-15)8-12(19)7-10(2)3/h5-6,9-10H,4,7-8H2,1-3H3. The van der Waals surface area contributed by atoms with Gasteiger partial charge in [-0.05, 0) is 24.0 Å². The van der Waals surface area contributed by atoms with Crippen molar-refractivity contribution in [3.05, 3.63) is 29.9 Å². The highest BCUT2D eigenvalue weighted by Gasteiger charge is 2.15. The molecule has 5 heteroatoms. The number of ketones is 1. The third-order valence-corrected chi connectivity index (χ3v) is 2.98. The van der Waals surface area contributed by atoms with Crippen molar-refractivity contribution in [3.63, 3.8) is 0 Å². The van der Waals surface area contributed by atoms with Crippen molar-refractivity contribution in [1.29, 1.82) is 0 Å². The summed E-state index contributed by atoms with van der Waals surface area (Å²) in [6, 6.07) is 1.86. The van der Waals surface area contributed by atoms with Gasteiger partial charge in [0.1, 0.15) is 5.78 Å². The normalized spacial score (nSPS) is 11.0. The number of hydrogen-bond acceptors (Lipinski definition) is 5. The van der Waals surface area contributed by atoms with Crippen LogP contribution in [0.1, 0.15) is 38.6 Å². The van der Waals surface area contributed by atoms with Crippen LogP contribution >= 0.6 is 0 Å². The number of carbonyl (C=O) groups is 1. The van der Waals surface area contributed by atoms with Gasteiger partial charge in [0.15, 0.2) is 0 Å². The minimum Gasteiger partial charge on any atom is -0.339 e. The van der Waals surface area contributed by atoms with Crippen LogP contribution in [0.25, 0.3) is 11.4 Å². The molecule has 2 aromatic rings. The molecule has 0 aliphatic carbocycles. The molecule has 0 aliphatic rings. The fraction of sp³-hybridized carbons (Fsp3) is 0.467. The Morgan fingerprint density at radius 1 is 1.40 bits per heavy atom. The molecule has 2 rings (SSSR count). The molecule has 0 atom stereocenters. The van der Waals surface area contributed by atoms with E-state index in [0.717, 1.165) is 17.5 Å². The summed E-state index contributed by atoms with van der Waals surface area (Å²) in [6.07, 6.45) is 5.09. The maximum Gasteiger partial charge on any atom is 0.234 e. The lowest BCUT2D eigenvalue weighted by Crippen LogP contribution is -2.06. The molecule has 0 aliphatic heterocycles. The Hall–Kier alpha value is -2.04. The second kappa shape index (κ2) is 6.41. The highest BCUT2D eigenvalue weighted by Crippen LogP contribution is 2.20. The van der Waals surface area contributed by atoms with E-state index in [1.807, 2.05) is 26.8 Å². The molecular weight excluding hydrogens is 254 g/mol. The molecule has 2 heterocycles. The van der Waals surface area contributed by atoms with Crippen LogP contribution < -0.4 is 0 Å². The maximum atomic E-state index is 11.8. The quantitative estimate of drug-likeness (QED) is 0.809. The molecule has 0 amide bonds. The number of aromatic nitrogens is 3. The number of Topliss-reactive ketones (excluding diaryl/α,β-unsaturated/α-hetero) is 1. The number of nitrogens with zero attached hydrogens (tertiary/aromatic N) is 3. The Labute approximate surface area is 118 Å². The summed E-state index contributed by atoms with van der Waals surface area (Å²) in [6.45, 7) is 6.08. The first-order valence-electron chi connectivity index (χ1n) is 6.87. The first-order chi connectivity index (χ1) is 9.60. The monoisotopic (exact) mass is 273 g/mol. The van der Waals surface area contributed by atoms with E-state index in [2.05, 4.69) is 15.1 Å². The predicted molar refractivity (Wildman–Crippen MR) is 75.1 cm³/mol. The fourth-order valence-electron chi connectivity index (χ4n) is 2.06. The molecule has 0 N–H and O–H groups in total. The third-order valence-electron chi connectivity index (χ3n) is 2.98. The molecule has 0 radical (unpaired) electrons. The Morgan fingerprint density at radius 3 is 2.90 bits per heavy atom. The van der Waals surface area contributed by atoms with Crippen LogP contribution in [0.4, 0.5) is 0 Å². The van der Waals surface area contributed by atoms with Gasteiger partial charge in [0, 0.05) is 24.4 Å². The molecule has 0 saturated carbocycles. The first-order valence-corrected chi connectivity index (χ1v) is 6.87. The molecule has 0 unspecified atom stereocenters. The van der Waals surface area contributed by atoms with Gasteiger partial charge in [-0.1, -0.05) is 25.9 Å². The van der Waals surface area contributed by atoms with E-state index in [0.29, 0.717) is 24.1 Å². The Balaban J connectivity index is 2.15. The van der Waals surface area contributed by atoms with Gasteiger partial charge in [-0.3, -0.25) is 9.78 Å². The number of pyridine rings is 1. The molecule has 5 nitrogen and oxygen atoms in total. The Morgan fingerprint density at radius 2 is 2.20 bits per heavy atom. The predicted octanol–water partition coefficient (Wildman–Crippen LogP) is 2.85. The van der Waals surface area contributed by atoms with Gasteiger partial charge in [-0.2, -0.15) is 4.98 Å². The van der Waals surface area contributed by atoms with E-state index in [1.54, 1.807) is 12.4 Å². The minimum absolute atomic E-state index is 0.126. The lowest BCUT2D eigenvalue weighted by Gasteiger charge is -2.01. The summed E-state index contributed by atoms with van der Waals surface area (Å²) in [5, 5.41) is 3.96. The van der Waals surface area contributed by atoms with E-state index >= 15 is 0 Å². The van der Waals surface area contributed by atoms with Crippen LogP contribution in [0.5, 0.6) is 0 Å². The Bertz CT molecular complexity index is 590. The van der Waals surface area contributed by atoms with E-state index in [9.17, 15) is 4.79 Å². The van der Waals surface area contributed by atoms with Crippen LogP contribution in [-0.4, -0.2) is 20.9 Å². The summed E-state index contributed by atoms with van der Waals surface area (Å²) in [7, 11) is 0. The Kier molecular flexibility index (Phi) is 4.61. The summed E-state index contributed by atoms with van der Waals surface area (Å²) in [5.41, 5.74) is 1.97. The van der Waals surface area contributed by atoms with Crippen LogP contribution in [0.2, 0.25) is 0 Å². The second-order valence-electron chi connectivity index (χ2n) is 5.21. The lowest BCUT2D eigenvalue weighted by atomic mass is 10.1. The smallest absolute Gasteiger partial charge is 0.234 e. The van der Waals surface area contributed by atoms with Gasteiger partial charge in [0.25, 0.3) is 0 Å². The maximum absolute atomic E-state index is 11.8. The van der Waals surface area contributed by atoms with E-state index in [4.69, 9.17) is 4.52 Å². The van der Waals surface area contributed by atoms with Gasteiger partial charge in [0.05, 0.1) is 6.42 Å². The zero-order valence-electron chi connectivity index (χ0n) is 12.1. The first kappa shape index (κ1) is 14.4. The van der Waals surface area contributed by atoms with E-state index in [1.165, 1.54) is 0 Å². The van der Waals surface area contributed by atoms with Gasteiger partial charge < -0.3 is 4.52 Å². The number of aryl methyl sites for hydroxylation is 1. The number of hydrogen-bond donors (Lipinski definition) is 0. The van der Waals surface area contributed by atoms with E-state index < -0.39 is 0 Å². The number of carbonyl (C=O) groups excluding carboxylic acids is 1. The van der Waals surface area contributed by atoms with Gasteiger partial charge in [-0.25, -0.2) is 0 Å². The largest absolute Gasteiger partial charge is 0.339 e. The van der Waals surface area contributed by atoms with Crippen molar-refractivity contribution in [2.75, 3.05) is 0 Å². The van der Waals surface area contributed by atoms with Gasteiger partial charge >= 0.3 is 0 Å². The van der Waals surface area contributed by atoms with E-state index in [-0.39, 0.29) is 12.2 Å². The minimum atomic E-state index is 0.126.